The van der Waals surface area contributed by atoms with Crippen LogP contribution in [0.2, 0.25) is 0 Å². The predicted octanol–water partition coefficient (Wildman–Crippen LogP) is 1.09. The average molecular weight is 368 g/mol. The van der Waals surface area contributed by atoms with Crippen molar-refractivity contribution in [2.45, 2.75) is 31.8 Å². The molecule has 2 heterocycles. The Hall–Kier alpha value is -3.09. The van der Waals surface area contributed by atoms with Crippen LogP contribution in [0, 0.1) is 0 Å². The van der Waals surface area contributed by atoms with Gasteiger partial charge in [-0.2, -0.15) is 0 Å². The van der Waals surface area contributed by atoms with E-state index in [1.807, 2.05) is 37.3 Å². The smallest absolute Gasteiger partial charge is 0.267 e. The Morgan fingerprint density at radius 3 is 2.59 bits per heavy atom. The lowest BCUT2D eigenvalue weighted by Crippen LogP contribution is -2.46. The third-order valence-corrected chi connectivity index (χ3v) is 4.65. The highest BCUT2D eigenvalue weighted by Crippen LogP contribution is 2.20. The molecule has 1 aliphatic rings. The molecule has 1 aromatic heterocycles. The molecular formula is C20H24N4O3. The monoisotopic (exact) mass is 368 g/mol. The van der Waals surface area contributed by atoms with Gasteiger partial charge in [0.2, 0.25) is 11.8 Å². The van der Waals surface area contributed by atoms with Crippen molar-refractivity contribution in [2.75, 3.05) is 13.1 Å². The van der Waals surface area contributed by atoms with Gasteiger partial charge < -0.3 is 20.5 Å². The predicted molar refractivity (Wildman–Crippen MR) is 101 cm³/mol. The summed E-state index contributed by atoms with van der Waals surface area (Å²) in [5, 5.41) is 5.70. The quantitative estimate of drug-likeness (QED) is 0.712. The molecule has 2 aromatic rings. The number of carbonyl (C=O) groups is 3. The molecule has 0 unspecified atom stereocenters. The molecule has 27 heavy (non-hydrogen) atoms. The maximum Gasteiger partial charge on any atom is 0.267 e. The Kier molecular flexibility index (Phi) is 5.90. The summed E-state index contributed by atoms with van der Waals surface area (Å²) in [5.41, 5.74) is 1.36. The molecule has 3 rings (SSSR count). The van der Waals surface area contributed by atoms with Crippen molar-refractivity contribution in [1.29, 1.82) is 0 Å². The normalized spacial score (nSPS) is 18.9. The zero-order chi connectivity index (χ0) is 19.2. The lowest BCUT2D eigenvalue weighted by atomic mass is 10.1. The molecule has 7 nitrogen and oxygen atoms in total. The highest BCUT2D eigenvalue weighted by Gasteiger charge is 2.39. The van der Waals surface area contributed by atoms with Crippen LogP contribution in [0.4, 0.5) is 0 Å². The average Bonchev–Trinajstić information content (AvgIpc) is 3.33. The maximum atomic E-state index is 12.8. The summed E-state index contributed by atoms with van der Waals surface area (Å²) in [4.78, 5) is 42.0. The number of nitrogens with zero attached hydrogens (tertiary/aromatic N) is 1. The van der Waals surface area contributed by atoms with Gasteiger partial charge >= 0.3 is 0 Å². The molecule has 1 saturated heterocycles. The minimum atomic E-state index is -0.574. The number of benzene rings is 1. The van der Waals surface area contributed by atoms with Crippen LogP contribution >= 0.6 is 0 Å². The van der Waals surface area contributed by atoms with Crippen LogP contribution in [-0.2, 0) is 16.0 Å². The van der Waals surface area contributed by atoms with Gasteiger partial charge in [0, 0.05) is 25.3 Å². The molecule has 0 spiro atoms. The number of hydrogen-bond donors (Lipinski definition) is 3. The number of hydrogen-bond acceptors (Lipinski definition) is 3. The molecule has 7 heteroatoms. The van der Waals surface area contributed by atoms with Gasteiger partial charge in [0.25, 0.3) is 5.91 Å². The molecule has 3 N–H and O–H groups in total. The molecule has 3 amide bonds. The van der Waals surface area contributed by atoms with Gasteiger partial charge in [-0.05, 0) is 31.0 Å². The Morgan fingerprint density at radius 1 is 1.15 bits per heavy atom. The van der Waals surface area contributed by atoms with Crippen molar-refractivity contribution in [3.05, 3.63) is 59.9 Å². The number of likely N-dealkylation sites (N-methyl/N-ethyl adjacent to an activating group) is 1. The van der Waals surface area contributed by atoms with Gasteiger partial charge in [-0.3, -0.25) is 14.4 Å². The second-order valence-corrected chi connectivity index (χ2v) is 6.61. The van der Waals surface area contributed by atoms with Crippen molar-refractivity contribution in [3.63, 3.8) is 0 Å². The van der Waals surface area contributed by atoms with E-state index in [2.05, 4.69) is 15.6 Å². The first-order valence-electron chi connectivity index (χ1n) is 9.13. The van der Waals surface area contributed by atoms with Gasteiger partial charge in [0.1, 0.15) is 11.7 Å². The van der Waals surface area contributed by atoms with E-state index in [9.17, 15) is 14.4 Å². The van der Waals surface area contributed by atoms with Crippen molar-refractivity contribution in [1.82, 2.24) is 20.5 Å². The molecule has 0 saturated carbocycles. The van der Waals surface area contributed by atoms with E-state index >= 15 is 0 Å². The van der Waals surface area contributed by atoms with Gasteiger partial charge in [0.05, 0.1) is 6.42 Å². The second-order valence-electron chi connectivity index (χ2n) is 6.61. The lowest BCUT2D eigenvalue weighted by molar-refractivity contribution is -0.137. The Labute approximate surface area is 158 Å². The summed E-state index contributed by atoms with van der Waals surface area (Å²) in [5.74, 6) is -0.540. The van der Waals surface area contributed by atoms with Crippen LogP contribution in [0.25, 0.3) is 0 Å². The molecule has 1 fully saturated rings. The Morgan fingerprint density at radius 2 is 1.93 bits per heavy atom. The summed E-state index contributed by atoms with van der Waals surface area (Å²) in [6, 6.07) is 12.0. The van der Waals surface area contributed by atoms with Gasteiger partial charge in [-0.15, -0.1) is 0 Å². The highest BCUT2D eigenvalue weighted by molar-refractivity contribution is 5.93. The van der Waals surface area contributed by atoms with Crippen LogP contribution in [0.15, 0.2) is 48.7 Å². The number of rotatable bonds is 6. The van der Waals surface area contributed by atoms with Crippen LogP contribution in [0.5, 0.6) is 0 Å². The summed E-state index contributed by atoms with van der Waals surface area (Å²) >= 11 is 0. The Bertz CT molecular complexity index is 789. The fourth-order valence-electron chi connectivity index (χ4n) is 3.36. The summed E-state index contributed by atoms with van der Waals surface area (Å²) in [6.07, 6.45) is 2.31. The van der Waals surface area contributed by atoms with E-state index in [4.69, 9.17) is 0 Å². The largest absolute Gasteiger partial charge is 0.357 e. The van der Waals surface area contributed by atoms with E-state index < -0.39 is 6.04 Å². The zero-order valence-corrected chi connectivity index (χ0v) is 15.3. The van der Waals surface area contributed by atoms with Gasteiger partial charge in [-0.1, -0.05) is 30.3 Å². The molecule has 1 aliphatic heterocycles. The van der Waals surface area contributed by atoms with Crippen molar-refractivity contribution in [2.24, 2.45) is 0 Å². The number of likely N-dealkylation sites (tertiary alicyclic amines) is 1. The fourth-order valence-corrected chi connectivity index (χ4v) is 3.36. The number of aromatic amines is 1. The third-order valence-electron chi connectivity index (χ3n) is 4.65. The van der Waals surface area contributed by atoms with Crippen LogP contribution in [0.1, 0.15) is 29.4 Å². The maximum absolute atomic E-state index is 12.8. The number of amides is 3. The number of nitrogens with one attached hydrogen (secondary N) is 3. The van der Waals surface area contributed by atoms with Crippen LogP contribution in [-0.4, -0.2) is 52.8 Å². The van der Waals surface area contributed by atoms with E-state index in [1.54, 1.807) is 23.2 Å². The molecule has 142 valence electrons. The van der Waals surface area contributed by atoms with E-state index in [0.717, 1.165) is 5.56 Å². The standard InChI is InChI=1S/C20H24N4O3/c1-2-21-20(27)17-12-15(23-19(26)16-9-6-10-22-16)13-24(17)18(25)11-14-7-4-3-5-8-14/h3-10,15,17,22H,2,11-13H2,1H3,(H,21,27)(H,23,26)/t15-,17-/m0/s1. The minimum absolute atomic E-state index is 0.117. The molecule has 1 aromatic carbocycles. The SMILES string of the molecule is CCNC(=O)[C@@H]1C[C@H](NC(=O)c2ccc[nH]2)CN1C(=O)Cc1ccccc1. The topological polar surface area (TPSA) is 94.3 Å². The Balaban J connectivity index is 1.70. The molecule has 0 radical (unpaired) electrons. The zero-order valence-electron chi connectivity index (χ0n) is 15.3. The second kappa shape index (κ2) is 8.53. The molecule has 0 bridgehead atoms. The first-order chi connectivity index (χ1) is 13.1. The van der Waals surface area contributed by atoms with Crippen molar-refractivity contribution in [3.8, 4) is 0 Å². The van der Waals surface area contributed by atoms with E-state index in [0.29, 0.717) is 25.2 Å². The fraction of sp³-hybridized carbons (Fsp3) is 0.350. The number of H-pyrrole nitrogens is 1. The van der Waals surface area contributed by atoms with Crippen LogP contribution < -0.4 is 10.6 Å². The number of carbonyl (C=O) groups excluding carboxylic acids is 3. The van der Waals surface area contributed by atoms with E-state index in [-0.39, 0.29) is 30.2 Å². The molecular weight excluding hydrogens is 344 g/mol. The van der Waals surface area contributed by atoms with E-state index in [1.165, 1.54) is 0 Å². The third kappa shape index (κ3) is 4.55. The summed E-state index contributed by atoms with van der Waals surface area (Å²) in [6.45, 7) is 2.66. The molecule has 2 atom stereocenters. The van der Waals surface area contributed by atoms with Crippen LogP contribution in [0.3, 0.4) is 0 Å². The van der Waals surface area contributed by atoms with Crippen molar-refractivity contribution >= 4 is 17.7 Å². The highest BCUT2D eigenvalue weighted by atomic mass is 16.2. The summed E-state index contributed by atoms with van der Waals surface area (Å²) in [7, 11) is 0. The first-order valence-corrected chi connectivity index (χ1v) is 9.13. The van der Waals surface area contributed by atoms with Gasteiger partial charge in [0.15, 0.2) is 0 Å². The van der Waals surface area contributed by atoms with Gasteiger partial charge in [-0.25, -0.2) is 0 Å². The molecule has 0 aliphatic carbocycles. The first kappa shape index (κ1) is 18.7. The minimum Gasteiger partial charge on any atom is -0.357 e. The summed E-state index contributed by atoms with van der Waals surface area (Å²) < 4.78 is 0. The number of aromatic nitrogens is 1. The van der Waals surface area contributed by atoms with Crippen molar-refractivity contribution < 1.29 is 14.4 Å². The lowest BCUT2D eigenvalue weighted by Gasteiger charge is -2.23.